The van der Waals surface area contributed by atoms with Crippen molar-refractivity contribution in [2.45, 2.75) is 45.7 Å². The van der Waals surface area contributed by atoms with Gasteiger partial charge in [0.2, 0.25) is 0 Å². The van der Waals surface area contributed by atoms with Crippen LogP contribution in [0.3, 0.4) is 0 Å². The SMILES string of the molecule is C=CCN1CCC(NC(=O)N[C@@H](c2ncccc2C)C(C)C)CC1. The molecule has 1 aliphatic heterocycles. The molecule has 0 aliphatic carbocycles. The highest BCUT2D eigenvalue weighted by Gasteiger charge is 2.24. The molecule has 0 unspecified atom stereocenters. The van der Waals surface area contributed by atoms with Crippen LogP contribution in [0.4, 0.5) is 4.79 Å². The number of hydrogen-bond acceptors (Lipinski definition) is 3. The average molecular weight is 330 g/mol. The van der Waals surface area contributed by atoms with E-state index < -0.39 is 0 Å². The molecule has 24 heavy (non-hydrogen) atoms. The number of piperidine rings is 1. The fourth-order valence-corrected chi connectivity index (χ4v) is 3.18. The summed E-state index contributed by atoms with van der Waals surface area (Å²) in [6.07, 6.45) is 5.68. The third-order valence-electron chi connectivity index (χ3n) is 4.61. The molecule has 5 heteroatoms. The summed E-state index contributed by atoms with van der Waals surface area (Å²) in [7, 11) is 0. The molecule has 2 N–H and O–H groups in total. The molecule has 2 heterocycles. The molecule has 0 saturated carbocycles. The number of carbonyl (C=O) groups excluding carboxylic acids is 1. The Bertz CT molecular complexity index is 550. The Labute approximate surface area is 145 Å². The standard InChI is InChI=1S/C19H30N4O/c1-5-11-23-12-8-16(9-13-23)21-19(24)22-17(14(2)3)18-15(4)7-6-10-20-18/h5-7,10,14,16-17H,1,8-9,11-13H2,2-4H3,(H2,21,22,24)/t17-/m1/s1. The van der Waals surface area contributed by atoms with Gasteiger partial charge in [-0.1, -0.05) is 26.0 Å². The zero-order chi connectivity index (χ0) is 17.5. The van der Waals surface area contributed by atoms with Gasteiger partial charge in [-0.15, -0.1) is 6.58 Å². The normalized spacial score (nSPS) is 17.5. The van der Waals surface area contributed by atoms with Gasteiger partial charge in [0.1, 0.15) is 0 Å². The highest BCUT2D eigenvalue weighted by molar-refractivity contribution is 5.74. The summed E-state index contributed by atoms with van der Waals surface area (Å²) >= 11 is 0. The lowest BCUT2D eigenvalue weighted by Crippen LogP contribution is -2.49. The van der Waals surface area contributed by atoms with Gasteiger partial charge in [0.15, 0.2) is 0 Å². The first kappa shape index (κ1) is 18.5. The third kappa shape index (κ3) is 5.06. The maximum absolute atomic E-state index is 12.4. The summed E-state index contributed by atoms with van der Waals surface area (Å²) in [6, 6.07) is 4.02. The summed E-state index contributed by atoms with van der Waals surface area (Å²) < 4.78 is 0. The van der Waals surface area contributed by atoms with Crippen molar-refractivity contribution in [1.29, 1.82) is 0 Å². The molecule has 1 saturated heterocycles. The lowest BCUT2D eigenvalue weighted by Gasteiger charge is -2.32. The minimum Gasteiger partial charge on any atom is -0.335 e. The number of hydrogen-bond donors (Lipinski definition) is 2. The summed E-state index contributed by atoms with van der Waals surface area (Å²) in [5.74, 6) is 0.277. The van der Waals surface area contributed by atoms with Crippen molar-refractivity contribution in [2.75, 3.05) is 19.6 Å². The van der Waals surface area contributed by atoms with Crippen LogP contribution in [0, 0.1) is 12.8 Å². The van der Waals surface area contributed by atoms with Gasteiger partial charge in [-0.25, -0.2) is 4.79 Å². The third-order valence-corrected chi connectivity index (χ3v) is 4.61. The van der Waals surface area contributed by atoms with Crippen LogP contribution >= 0.6 is 0 Å². The van der Waals surface area contributed by atoms with E-state index in [2.05, 4.69) is 40.9 Å². The predicted molar refractivity (Wildman–Crippen MR) is 97.9 cm³/mol. The topological polar surface area (TPSA) is 57.3 Å². The zero-order valence-electron chi connectivity index (χ0n) is 15.1. The Morgan fingerprint density at radius 2 is 2.17 bits per heavy atom. The van der Waals surface area contributed by atoms with Crippen LogP contribution in [-0.4, -0.2) is 41.6 Å². The van der Waals surface area contributed by atoms with Crippen LogP contribution in [0.1, 0.15) is 44.0 Å². The second-order valence-electron chi connectivity index (χ2n) is 6.91. The van der Waals surface area contributed by atoms with Crippen LogP contribution in [0.25, 0.3) is 0 Å². The molecular weight excluding hydrogens is 300 g/mol. The molecule has 0 bridgehead atoms. The summed E-state index contributed by atoms with van der Waals surface area (Å²) in [5, 5.41) is 6.24. The van der Waals surface area contributed by atoms with E-state index in [4.69, 9.17) is 0 Å². The van der Waals surface area contributed by atoms with Crippen LogP contribution in [0.5, 0.6) is 0 Å². The van der Waals surface area contributed by atoms with Crippen molar-refractivity contribution in [3.05, 3.63) is 42.2 Å². The Balaban J connectivity index is 1.90. The van der Waals surface area contributed by atoms with Crippen molar-refractivity contribution in [3.8, 4) is 0 Å². The largest absolute Gasteiger partial charge is 0.335 e. The van der Waals surface area contributed by atoms with E-state index in [0.29, 0.717) is 0 Å². The maximum atomic E-state index is 12.4. The van der Waals surface area contributed by atoms with Crippen molar-refractivity contribution in [3.63, 3.8) is 0 Å². The lowest BCUT2D eigenvalue weighted by atomic mass is 9.97. The highest BCUT2D eigenvalue weighted by Crippen LogP contribution is 2.22. The predicted octanol–water partition coefficient (Wildman–Crippen LogP) is 3.04. The minimum absolute atomic E-state index is 0.0768. The monoisotopic (exact) mass is 330 g/mol. The van der Waals surface area contributed by atoms with Gasteiger partial charge in [0, 0.05) is 31.9 Å². The number of urea groups is 1. The first-order valence-electron chi connectivity index (χ1n) is 8.83. The Hall–Kier alpha value is -1.88. The molecule has 5 nitrogen and oxygen atoms in total. The Kier molecular flexibility index (Phi) is 6.79. The van der Waals surface area contributed by atoms with E-state index in [1.165, 1.54) is 0 Å². The van der Waals surface area contributed by atoms with Gasteiger partial charge in [0.05, 0.1) is 11.7 Å². The molecule has 1 aromatic rings. The van der Waals surface area contributed by atoms with Crippen LogP contribution < -0.4 is 10.6 Å². The zero-order valence-corrected chi connectivity index (χ0v) is 15.1. The highest BCUT2D eigenvalue weighted by atomic mass is 16.2. The molecular formula is C19H30N4O. The van der Waals surface area contributed by atoms with Crippen molar-refractivity contribution >= 4 is 6.03 Å². The first-order chi connectivity index (χ1) is 11.5. The van der Waals surface area contributed by atoms with Crippen molar-refractivity contribution in [1.82, 2.24) is 20.5 Å². The average Bonchev–Trinajstić information content (AvgIpc) is 2.55. The number of likely N-dealkylation sites (tertiary alicyclic amines) is 1. The molecule has 1 aromatic heterocycles. The Morgan fingerprint density at radius 1 is 1.46 bits per heavy atom. The molecule has 2 amide bonds. The molecule has 0 spiro atoms. The number of carbonyl (C=O) groups is 1. The van der Waals surface area contributed by atoms with Crippen molar-refractivity contribution < 1.29 is 4.79 Å². The second kappa shape index (κ2) is 8.83. The fraction of sp³-hybridized carbons (Fsp3) is 0.579. The lowest BCUT2D eigenvalue weighted by molar-refractivity contribution is 0.200. The number of aryl methyl sites for hydroxylation is 1. The number of nitrogens with zero attached hydrogens (tertiary/aromatic N) is 2. The van der Waals surface area contributed by atoms with E-state index in [-0.39, 0.29) is 24.0 Å². The van der Waals surface area contributed by atoms with Gasteiger partial charge in [0.25, 0.3) is 0 Å². The van der Waals surface area contributed by atoms with E-state index in [0.717, 1.165) is 43.7 Å². The van der Waals surface area contributed by atoms with E-state index in [1.54, 1.807) is 6.20 Å². The Morgan fingerprint density at radius 3 is 2.75 bits per heavy atom. The quantitative estimate of drug-likeness (QED) is 0.788. The van der Waals surface area contributed by atoms with E-state index in [1.807, 2.05) is 25.1 Å². The summed E-state index contributed by atoms with van der Waals surface area (Å²) in [6.45, 7) is 13.0. The van der Waals surface area contributed by atoms with Gasteiger partial charge >= 0.3 is 6.03 Å². The first-order valence-corrected chi connectivity index (χ1v) is 8.83. The maximum Gasteiger partial charge on any atom is 0.315 e. The van der Waals surface area contributed by atoms with E-state index >= 15 is 0 Å². The molecule has 0 aromatic carbocycles. The number of pyridine rings is 1. The molecule has 1 aliphatic rings. The molecule has 132 valence electrons. The molecule has 0 radical (unpaired) electrons. The minimum atomic E-state index is -0.0964. The number of rotatable bonds is 6. The molecule has 1 fully saturated rings. The summed E-state index contributed by atoms with van der Waals surface area (Å²) in [5.41, 5.74) is 2.05. The van der Waals surface area contributed by atoms with Gasteiger partial charge < -0.3 is 10.6 Å². The van der Waals surface area contributed by atoms with Gasteiger partial charge in [-0.05, 0) is 37.3 Å². The smallest absolute Gasteiger partial charge is 0.315 e. The number of aromatic nitrogens is 1. The van der Waals surface area contributed by atoms with Crippen molar-refractivity contribution in [2.24, 2.45) is 5.92 Å². The van der Waals surface area contributed by atoms with Gasteiger partial charge in [-0.2, -0.15) is 0 Å². The molecule has 2 rings (SSSR count). The molecule has 1 atom stereocenters. The number of amides is 2. The van der Waals surface area contributed by atoms with E-state index in [9.17, 15) is 4.79 Å². The van der Waals surface area contributed by atoms with Crippen LogP contribution in [0.2, 0.25) is 0 Å². The fourth-order valence-electron chi connectivity index (χ4n) is 3.18. The van der Waals surface area contributed by atoms with Crippen LogP contribution in [0.15, 0.2) is 31.0 Å². The van der Waals surface area contributed by atoms with Gasteiger partial charge in [-0.3, -0.25) is 9.88 Å². The number of nitrogens with one attached hydrogen (secondary N) is 2. The van der Waals surface area contributed by atoms with Crippen LogP contribution in [-0.2, 0) is 0 Å². The second-order valence-corrected chi connectivity index (χ2v) is 6.91. The summed E-state index contributed by atoms with van der Waals surface area (Å²) in [4.78, 5) is 19.3.